The Balaban J connectivity index is 2.37. The molecule has 1 aliphatic rings. The molecule has 0 heterocycles. The number of ether oxygens (including phenoxy) is 2. The summed E-state index contributed by atoms with van der Waals surface area (Å²) in [6.45, 7) is 3.76. The van der Waals surface area contributed by atoms with Gasteiger partial charge in [0.15, 0.2) is 6.10 Å². The van der Waals surface area contributed by atoms with Crippen LogP contribution in [0.15, 0.2) is 12.3 Å². The van der Waals surface area contributed by atoms with Gasteiger partial charge in [0.05, 0.1) is 12.9 Å². The average molecular weight is 893 g/mol. The zero-order valence-corrected chi connectivity index (χ0v) is 39.6. The van der Waals surface area contributed by atoms with Gasteiger partial charge in [-0.3, -0.25) is 13.8 Å². The molecule has 1 fully saturated rings. The first-order valence-corrected chi connectivity index (χ1v) is 26.6. The number of aliphatic hydroxyl groups excluding tert-OH is 5. The molecule has 0 aliphatic heterocycles. The average Bonchev–Trinajstić information content (AvgIpc) is 3.24. The van der Waals surface area contributed by atoms with Gasteiger partial charge in [-0.2, -0.15) is 0 Å². The molecule has 0 saturated heterocycles. The number of hydrogen-bond acceptors (Lipinski definition) is 11. The number of carbonyl (C=O) groups is 1. The first-order chi connectivity index (χ1) is 29.5. The van der Waals surface area contributed by atoms with Crippen LogP contribution in [0.3, 0.4) is 0 Å². The second-order valence-corrected chi connectivity index (χ2v) is 19.2. The number of allylic oxidation sites excluding steroid dienone is 1. The summed E-state index contributed by atoms with van der Waals surface area (Å²) in [5.74, 6) is -0.494. The molecule has 1 aliphatic carbocycles. The van der Waals surface area contributed by atoms with E-state index in [0.717, 1.165) is 38.5 Å². The van der Waals surface area contributed by atoms with Crippen LogP contribution >= 0.6 is 7.82 Å². The first-order valence-electron chi connectivity index (χ1n) is 25.1. The highest BCUT2D eigenvalue weighted by atomic mass is 31.2. The molecule has 6 N–H and O–H groups in total. The predicted octanol–water partition coefficient (Wildman–Crippen LogP) is 11.1. The third-order valence-electron chi connectivity index (χ3n) is 12.0. The van der Waals surface area contributed by atoms with Crippen LogP contribution in [0.5, 0.6) is 0 Å². The van der Waals surface area contributed by atoms with Crippen molar-refractivity contribution in [2.75, 3.05) is 13.2 Å². The molecule has 362 valence electrons. The molecule has 6 unspecified atom stereocenters. The van der Waals surface area contributed by atoms with Crippen molar-refractivity contribution in [3.8, 4) is 0 Å². The Labute approximate surface area is 371 Å². The van der Waals surface area contributed by atoms with Gasteiger partial charge in [-0.25, -0.2) is 4.57 Å². The lowest BCUT2D eigenvalue weighted by Crippen LogP contribution is -2.64. The van der Waals surface area contributed by atoms with E-state index in [0.29, 0.717) is 6.42 Å². The number of hydrogen-bond donors (Lipinski definition) is 6. The molecule has 0 spiro atoms. The van der Waals surface area contributed by atoms with Crippen LogP contribution in [0.25, 0.3) is 0 Å². The molecule has 61 heavy (non-hydrogen) atoms. The summed E-state index contributed by atoms with van der Waals surface area (Å²) in [7, 11) is -5.03. The van der Waals surface area contributed by atoms with Crippen LogP contribution < -0.4 is 0 Å². The fourth-order valence-electron chi connectivity index (χ4n) is 7.97. The van der Waals surface area contributed by atoms with Gasteiger partial charge in [0.2, 0.25) is 0 Å². The Morgan fingerprint density at radius 3 is 1.25 bits per heavy atom. The van der Waals surface area contributed by atoms with Crippen LogP contribution in [0, 0.1) is 0 Å². The fraction of sp³-hybridized carbons (Fsp3) is 0.938. The highest BCUT2D eigenvalue weighted by Crippen LogP contribution is 2.47. The number of carbonyl (C=O) groups excluding carboxylic acids is 1. The quantitative estimate of drug-likeness (QED) is 0.0147. The highest BCUT2D eigenvalue weighted by molar-refractivity contribution is 7.47. The maximum absolute atomic E-state index is 12.8. The van der Waals surface area contributed by atoms with Gasteiger partial charge in [-0.1, -0.05) is 206 Å². The van der Waals surface area contributed by atoms with E-state index < -0.39 is 63.1 Å². The Hall–Kier alpha value is -1.08. The Bertz CT molecular complexity index is 1060. The summed E-state index contributed by atoms with van der Waals surface area (Å²) in [4.78, 5) is 23.2. The first kappa shape index (κ1) is 57.9. The van der Waals surface area contributed by atoms with Gasteiger partial charge in [0, 0.05) is 6.42 Å². The van der Waals surface area contributed by atoms with Gasteiger partial charge < -0.3 is 39.9 Å². The number of esters is 1. The molecule has 0 aromatic heterocycles. The van der Waals surface area contributed by atoms with E-state index in [2.05, 4.69) is 13.8 Å². The minimum atomic E-state index is -5.03. The molecule has 13 heteroatoms. The molecular formula is C48H93O12P. The normalized spacial score (nSPS) is 22.1. The highest BCUT2D eigenvalue weighted by Gasteiger charge is 2.51. The molecule has 0 radical (unpaired) electrons. The second kappa shape index (κ2) is 39.3. The summed E-state index contributed by atoms with van der Waals surface area (Å²) in [5.41, 5.74) is 0. The van der Waals surface area contributed by atoms with Crippen molar-refractivity contribution in [2.24, 2.45) is 0 Å². The maximum Gasteiger partial charge on any atom is 0.472 e. The Morgan fingerprint density at radius 2 is 0.852 bits per heavy atom. The van der Waals surface area contributed by atoms with E-state index in [9.17, 15) is 39.8 Å². The van der Waals surface area contributed by atoms with Crippen LogP contribution in [0.1, 0.15) is 232 Å². The van der Waals surface area contributed by atoms with Crippen molar-refractivity contribution in [2.45, 2.75) is 275 Å². The second-order valence-electron chi connectivity index (χ2n) is 17.7. The summed E-state index contributed by atoms with van der Waals surface area (Å²) >= 11 is 0. The van der Waals surface area contributed by atoms with E-state index >= 15 is 0 Å². The van der Waals surface area contributed by atoms with Crippen LogP contribution in [-0.4, -0.2) is 92.3 Å². The van der Waals surface area contributed by atoms with E-state index in [-0.39, 0.29) is 13.0 Å². The van der Waals surface area contributed by atoms with E-state index in [1.807, 2.05) is 6.08 Å². The fourth-order valence-corrected chi connectivity index (χ4v) is 8.94. The molecule has 0 amide bonds. The molecule has 1 saturated carbocycles. The van der Waals surface area contributed by atoms with Crippen molar-refractivity contribution < 1.29 is 58.3 Å². The minimum Gasteiger partial charge on any atom is -0.498 e. The van der Waals surface area contributed by atoms with E-state index in [4.69, 9.17) is 18.5 Å². The number of phosphoric acid groups is 1. The van der Waals surface area contributed by atoms with Gasteiger partial charge in [-0.05, 0) is 25.3 Å². The zero-order valence-electron chi connectivity index (χ0n) is 38.7. The zero-order chi connectivity index (χ0) is 44.8. The molecule has 8 atom stereocenters. The Kier molecular flexibility index (Phi) is 37.3. The molecule has 1 rings (SSSR count). The van der Waals surface area contributed by atoms with Crippen LogP contribution in [0.4, 0.5) is 0 Å². The lowest BCUT2D eigenvalue weighted by Gasteiger charge is -2.41. The molecule has 0 bridgehead atoms. The maximum atomic E-state index is 12.8. The molecule has 12 nitrogen and oxygen atoms in total. The van der Waals surface area contributed by atoms with E-state index in [1.54, 1.807) is 0 Å². The third-order valence-corrected chi connectivity index (χ3v) is 13.0. The SMILES string of the molecule is CCCCCCCCCCCCCCCCCC/C=C\OC[C@H](COP(=O)(O)OC1C(O)C(O)C(O)[C@@H](O)C1O)OC(=O)CCCCCCCCCCCCCCCCCC. The van der Waals surface area contributed by atoms with Gasteiger partial charge in [-0.15, -0.1) is 0 Å². The Morgan fingerprint density at radius 1 is 0.508 bits per heavy atom. The van der Waals surface area contributed by atoms with Gasteiger partial charge in [0.1, 0.15) is 43.2 Å². The lowest BCUT2D eigenvalue weighted by atomic mass is 9.85. The summed E-state index contributed by atoms with van der Waals surface area (Å²) in [5, 5.41) is 50.2. The largest absolute Gasteiger partial charge is 0.498 e. The van der Waals surface area contributed by atoms with Gasteiger partial charge >= 0.3 is 13.8 Å². The lowest BCUT2D eigenvalue weighted by molar-refractivity contribution is -0.220. The van der Waals surface area contributed by atoms with Gasteiger partial charge in [0.25, 0.3) is 0 Å². The summed E-state index contributed by atoms with van der Waals surface area (Å²) in [6, 6.07) is 0. The van der Waals surface area contributed by atoms with Crippen molar-refractivity contribution in [1.82, 2.24) is 0 Å². The monoisotopic (exact) mass is 893 g/mol. The van der Waals surface area contributed by atoms with Crippen molar-refractivity contribution >= 4 is 13.8 Å². The number of phosphoric ester groups is 1. The number of aliphatic hydroxyl groups is 5. The minimum absolute atomic E-state index is 0.154. The molecule has 0 aromatic rings. The standard InChI is InChI=1S/C48H93O12P/c1-3-5-7-9-11-13-15-17-19-21-22-24-26-28-30-32-34-36-38-57-39-41(40-58-61(55,56)60-48-46(53)44(51)43(50)45(52)47(48)54)59-42(49)37-35-33-31-29-27-25-23-20-18-16-14-12-10-8-6-4-2/h36,38,41,43-48,50-54H,3-35,37,39-40H2,1-2H3,(H,55,56)/b38-36-/t41-,43?,44-,45?,46?,47?,48?/m1/s1. The number of rotatable bonds is 43. The summed E-state index contributed by atoms with van der Waals surface area (Å²) in [6.07, 6.45) is 32.2. The molecule has 0 aromatic carbocycles. The topological polar surface area (TPSA) is 192 Å². The van der Waals surface area contributed by atoms with Crippen molar-refractivity contribution in [1.29, 1.82) is 0 Å². The smallest absolute Gasteiger partial charge is 0.472 e. The number of unbranched alkanes of at least 4 members (excludes halogenated alkanes) is 31. The van der Waals surface area contributed by atoms with Crippen molar-refractivity contribution in [3.63, 3.8) is 0 Å². The predicted molar refractivity (Wildman–Crippen MR) is 244 cm³/mol. The summed E-state index contributed by atoms with van der Waals surface area (Å²) < 4.78 is 34.0. The molecular weight excluding hydrogens is 799 g/mol. The van der Waals surface area contributed by atoms with Crippen molar-refractivity contribution in [3.05, 3.63) is 12.3 Å². The van der Waals surface area contributed by atoms with Crippen LogP contribution in [-0.2, 0) is 27.9 Å². The third kappa shape index (κ3) is 31.4. The van der Waals surface area contributed by atoms with Crippen LogP contribution in [0.2, 0.25) is 0 Å². The van der Waals surface area contributed by atoms with E-state index in [1.165, 1.54) is 173 Å².